The van der Waals surface area contributed by atoms with Crippen LogP contribution in [-0.4, -0.2) is 60.7 Å². The molecule has 1 amide bonds. The molecule has 0 unspecified atom stereocenters. The van der Waals surface area contributed by atoms with Gasteiger partial charge in [-0.15, -0.1) is 5.10 Å². The van der Waals surface area contributed by atoms with E-state index in [2.05, 4.69) is 15.5 Å². The third-order valence-electron chi connectivity index (χ3n) is 8.36. The fraction of sp³-hybridized carbons (Fsp3) is 0.545. The van der Waals surface area contributed by atoms with E-state index in [1.807, 2.05) is 25.1 Å². The van der Waals surface area contributed by atoms with Crippen molar-refractivity contribution in [3.05, 3.63) is 42.0 Å². The quantitative estimate of drug-likeness (QED) is 0.213. The Morgan fingerprint density at radius 2 is 1.36 bits per heavy atom. The summed E-state index contributed by atoms with van der Waals surface area (Å²) in [5, 5.41) is 10.7. The minimum atomic E-state index is -3.72. The Labute approximate surface area is 265 Å². The molecule has 0 spiro atoms. The average molecular weight is 641 g/mol. The largest absolute Gasteiger partial charge is 0.490 e. The Bertz CT molecular complexity index is 1480. The molecule has 1 heterocycles. The molecule has 2 aliphatic rings. The van der Waals surface area contributed by atoms with Crippen LogP contribution in [0.25, 0.3) is 11.5 Å². The molecule has 1 N–H and O–H groups in total. The van der Waals surface area contributed by atoms with Gasteiger partial charge in [-0.2, -0.15) is 4.31 Å². The minimum absolute atomic E-state index is 0.0335. The summed E-state index contributed by atoms with van der Waals surface area (Å²) < 4.78 is 52.9. The molecule has 5 rings (SSSR count). The zero-order valence-corrected chi connectivity index (χ0v) is 27.2. The van der Waals surface area contributed by atoms with E-state index < -0.39 is 15.9 Å². The number of nitrogens with zero attached hydrogens (tertiary/aromatic N) is 3. The van der Waals surface area contributed by atoms with Gasteiger partial charge in [0.05, 0.1) is 24.7 Å². The van der Waals surface area contributed by atoms with Crippen molar-refractivity contribution in [2.24, 2.45) is 0 Å². The maximum absolute atomic E-state index is 14.0. The molecule has 11 nitrogen and oxygen atoms in total. The van der Waals surface area contributed by atoms with Gasteiger partial charge in [-0.3, -0.25) is 10.1 Å². The molecule has 2 aromatic carbocycles. The maximum atomic E-state index is 14.0. The molecule has 0 saturated heterocycles. The maximum Gasteiger partial charge on any atom is 0.322 e. The highest BCUT2D eigenvalue weighted by Gasteiger charge is 2.38. The molecule has 0 bridgehead atoms. The molecule has 2 aliphatic carbocycles. The van der Waals surface area contributed by atoms with Crippen molar-refractivity contribution < 1.29 is 31.8 Å². The standard InChI is InChI=1S/C33H44N4O7S/c1-4-41-28-21-24(22-29(42-5-2)30(28)43-6-3)32-35-36-33(44-32)34-31(38)23-17-19-27(20-18-23)45(39,40)37(25-13-9-7-10-14-25)26-15-11-8-12-16-26/h17-22,25-26H,4-16H2,1-3H3,(H,34,36,38). The number of sulfonamides is 1. The molecule has 0 aliphatic heterocycles. The summed E-state index contributed by atoms with van der Waals surface area (Å²) in [7, 11) is -3.72. The summed E-state index contributed by atoms with van der Waals surface area (Å²) in [5.41, 5.74) is 0.808. The average Bonchev–Trinajstić information content (AvgIpc) is 3.52. The van der Waals surface area contributed by atoms with Gasteiger partial charge in [0.15, 0.2) is 11.5 Å². The van der Waals surface area contributed by atoms with Gasteiger partial charge in [-0.25, -0.2) is 8.42 Å². The molecule has 2 saturated carbocycles. The molecule has 0 radical (unpaired) electrons. The Morgan fingerprint density at radius 3 is 1.87 bits per heavy atom. The number of benzene rings is 2. The monoisotopic (exact) mass is 640 g/mol. The first-order valence-corrected chi connectivity index (χ1v) is 17.6. The Morgan fingerprint density at radius 1 is 0.822 bits per heavy atom. The van der Waals surface area contributed by atoms with Crippen molar-refractivity contribution in [2.75, 3.05) is 25.1 Å². The number of amides is 1. The summed E-state index contributed by atoms with van der Waals surface area (Å²) in [6, 6.07) is 9.50. The van der Waals surface area contributed by atoms with Crippen LogP contribution in [0, 0.1) is 0 Å². The number of carbonyl (C=O) groups excluding carboxylic acids is 1. The van der Waals surface area contributed by atoms with E-state index in [-0.39, 0.29) is 34.4 Å². The molecule has 0 atom stereocenters. The van der Waals surface area contributed by atoms with Crippen molar-refractivity contribution in [3.63, 3.8) is 0 Å². The Hall–Kier alpha value is -3.64. The van der Waals surface area contributed by atoms with Gasteiger partial charge in [0.1, 0.15) is 0 Å². The number of hydrogen-bond acceptors (Lipinski definition) is 9. The lowest BCUT2D eigenvalue weighted by molar-refractivity contribution is 0.102. The first kappa shape index (κ1) is 32.7. The minimum Gasteiger partial charge on any atom is -0.490 e. The van der Waals surface area contributed by atoms with E-state index in [0.29, 0.717) is 42.6 Å². The second-order valence-corrected chi connectivity index (χ2v) is 13.3. The number of aromatic nitrogens is 2. The van der Waals surface area contributed by atoms with Crippen LogP contribution in [0.2, 0.25) is 0 Å². The molecule has 3 aromatic rings. The number of nitrogens with one attached hydrogen (secondary N) is 1. The number of carbonyl (C=O) groups is 1. The smallest absolute Gasteiger partial charge is 0.322 e. The molecule has 2 fully saturated rings. The van der Waals surface area contributed by atoms with Crippen LogP contribution >= 0.6 is 0 Å². The van der Waals surface area contributed by atoms with Crippen molar-refractivity contribution in [1.82, 2.24) is 14.5 Å². The lowest BCUT2D eigenvalue weighted by Gasteiger charge is -2.40. The van der Waals surface area contributed by atoms with Crippen LogP contribution in [0.3, 0.4) is 0 Å². The second-order valence-electron chi connectivity index (χ2n) is 11.4. The highest BCUT2D eigenvalue weighted by atomic mass is 32.2. The fourth-order valence-corrected chi connectivity index (χ4v) is 8.26. The van der Waals surface area contributed by atoms with Crippen molar-refractivity contribution in [2.45, 2.75) is 102 Å². The van der Waals surface area contributed by atoms with E-state index in [1.54, 1.807) is 12.1 Å². The number of ether oxygens (including phenoxy) is 3. The van der Waals surface area contributed by atoms with Crippen LogP contribution in [-0.2, 0) is 10.0 Å². The number of hydrogen-bond donors (Lipinski definition) is 1. The molecule has 244 valence electrons. The Balaban J connectivity index is 1.32. The van der Waals surface area contributed by atoms with Crippen LogP contribution in [0.5, 0.6) is 17.2 Å². The van der Waals surface area contributed by atoms with E-state index in [4.69, 9.17) is 18.6 Å². The normalized spacial score (nSPS) is 16.4. The number of anilines is 1. The van der Waals surface area contributed by atoms with Gasteiger partial charge in [0.2, 0.25) is 21.7 Å². The fourth-order valence-electron chi connectivity index (χ4n) is 6.33. The van der Waals surface area contributed by atoms with Crippen molar-refractivity contribution in [3.8, 4) is 28.7 Å². The van der Waals surface area contributed by atoms with Crippen molar-refractivity contribution >= 4 is 21.9 Å². The van der Waals surface area contributed by atoms with E-state index in [9.17, 15) is 13.2 Å². The predicted molar refractivity (Wildman–Crippen MR) is 170 cm³/mol. The first-order valence-electron chi connectivity index (χ1n) is 16.2. The molecule has 1 aromatic heterocycles. The summed E-state index contributed by atoms with van der Waals surface area (Å²) in [5.74, 6) is 1.10. The SMILES string of the molecule is CCOc1cc(-c2nnc(NC(=O)c3ccc(S(=O)(=O)N(C4CCCCC4)C4CCCCC4)cc3)o2)cc(OCC)c1OCC. The highest BCUT2D eigenvalue weighted by Crippen LogP contribution is 2.42. The second kappa shape index (κ2) is 15.1. The third kappa shape index (κ3) is 7.61. The summed E-state index contributed by atoms with van der Waals surface area (Å²) >= 11 is 0. The summed E-state index contributed by atoms with van der Waals surface area (Å²) in [4.78, 5) is 13.3. The topological polar surface area (TPSA) is 133 Å². The van der Waals surface area contributed by atoms with Crippen molar-refractivity contribution in [1.29, 1.82) is 0 Å². The zero-order valence-electron chi connectivity index (χ0n) is 26.4. The van der Waals surface area contributed by atoms with E-state index in [1.165, 1.54) is 24.3 Å². The summed E-state index contributed by atoms with van der Waals surface area (Å²) in [6.45, 7) is 6.88. The van der Waals surface area contributed by atoms with E-state index in [0.717, 1.165) is 64.2 Å². The van der Waals surface area contributed by atoms with Gasteiger partial charge in [-0.1, -0.05) is 43.6 Å². The molecular weight excluding hydrogens is 596 g/mol. The molecule has 45 heavy (non-hydrogen) atoms. The predicted octanol–water partition coefficient (Wildman–Crippen LogP) is 6.84. The van der Waals surface area contributed by atoms with Crippen LogP contribution < -0.4 is 19.5 Å². The van der Waals surface area contributed by atoms with Crippen LogP contribution in [0.1, 0.15) is 95.3 Å². The van der Waals surface area contributed by atoms with Gasteiger partial charge in [-0.05, 0) is 82.9 Å². The molecule has 12 heteroatoms. The zero-order chi connectivity index (χ0) is 31.8. The first-order chi connectivity index (χ1) is 21.8. The van der Waals surface area contributed by atoms with Crippen LogP contribution in [0.15, 0.2) is 45.7 Å². The van der Waals surface area contributed by atoms with Gasteiger partial charge < -0.3 is 18.6 Å². The highest BCUT2D eigenvalue weighted by molar-refractivity contribution is 7.89. The van der Waals surface area contributed by atoms with Gasteiger partial charge >= 0.3 is 6.01 Å². The number of rotatable bonds is 13. The third-order valence-corrected chi connectivity index (χ3v) is 10.4. The van der Waals surface area contributed by atoms with Gasteiger partial charge in [0, 0.05) is 23.2 Å². The summed E-state index contributed by atoms with van der Waals surface area (Å²) in [6.07, 6.45) is 10.1. The lowest BCUT2D eigenvalue weighted by Crippen LogP contribution is -2.48. The molecular formula is C33H44N4O7S. The van der Waals surface area contributed by atoms with Crippen LogP contribution in [0.4, 0.5) is 6.01 Å². The Kier molecular flexibility index (Phi) is 11.0. The van der Waals surface area contributed by atoms with Gasteiger partial charge in [0.25, 0.3) is 5.91 Å². The lowest BCUT2D eigenvalue weighted by atomic mass is 9.91. The van der Waals surface area contributed by atoms with E-state index >= 15 is 0 Å².